The van der Waals surface area contributed by atoms with Gasteiger partial charge in [-0.3, -0.25) is 4.79 Å². The SMILES string of the molecule is CCN(C(=O)COC(=O)/C=C/c1ccc(O)c(OC)c1)C1CCS(=O)(=O)C1. The molecule has 1 unspecified atom stereocenters. The van der Waals surface area contributed by atoms with Crippen molar-refractivity contribution < 1.29 is 32.6 Å². The Bertz CT molecular complexity index is 832. The molecule has 0 spiro atoms. The number of ether oxygens (including phenoxy) is 2. The Morgan fingerprint density at radius 1 is 1.37 bits per heavy atom. The molecule has 1 atom stereocenters. The van der Waals surface area contributed by atoms with E-state index in [2.05, 4.69) is 0 Å². The number of hydrogen-bond acceptors (Lipinski definition) is 7. The number of likely N-dealkylation sites (N-methyl/N-ethyl adjacent to an activating group) is 1. The lowest BCUT2D eigenvalue weighted by Crippen LogP contribution is -2.43. The maximum absolute atomic E-state index is 12.3. The standard InChI is InChI=1S/C18H23NO7S/c1-3-19(14-8-9-27(23,24)12-14)17(21)11-26-18(22)7-5-13-4-6-15(20)16(10-13)25-2/h4-7,10,14,20H,3,8-9,11-12H2,1-2H3/b7-5+. The minimum Gasteiger partial charge on any atom is -0.504 e. The molecule has 1 aromatic carbocycles. The molecule has 0 bridgehead atoms. The number of aromatic hydroxyl groups is 1. The highest BCUT2D eigenvalue weighted by atomic mass is 32.2. The average molecular weight is 397 g/mol. The molecule has 0 saturated carbocycles. The number of carbonyl (C=O) groups excluding carboxylic acids is 2. The summed E-state index contributed by atoms with van der Waals surface area (Å²) in [5.41, 5.74) is 0.610. The second kappa shape index (κ2) is 8.90. The molecule has 148 valence electrons. The zero-order valence-corrected chi connectivity index (χ0v) is 16.1. The fraction of sp³-hybridized carbons (Fsp3) is 0.444. The normalized spacial score (nSPS) is 18.4. The maximum Gasteiger partial charge on any atom is 0.331 e. The van der Waals surface area contributed by atoms with Gasteiger partial charge in [0.05, 0.1) is 18.6 Å². The largest absolute Gasteiger partial charge is 0.504 e. The second-order valence-electron chi connectivity index (χ2n) is 6.11. The lowest BCUT2D eigenvalue weighted by Gasteiger charge is -2.26. The van der Waals surface area contributed by atoms with Crippen LogP contribution >= 0.6 is 0 Å². The fourth-order valence-corrected chi connectivity index (χ4v) is 4.62. The zero-order valence-electron chi connectivity index (χ0n) is 15.3. The van der Waals surface area contributed by atoms with Crippen LogP contribution in [0.5, 0.6) is 11.5 Å². The summed E-state index contributed by atoms with van der Waals surface area (Å²) in [7, 11) is -1.69. The first kappa shape index (κ1) is 20.8. The molecule has 27 heavy (non-hydrogen) atoms. The maximum atomic E-state index is 12.3. The van der Waals surface area contributed by atoms with Crippen LogP contribution in [0, 0.1) is 0 Å². The van der Waals surface area contributed by atoms with Crippen LogP contribution in [0.15, 0.2) is 24.3 Å². The van der Waals surface area contributed by atoms with E-state index in [1.54, 1.807) is 19.1 Å². The van der Waals surface area contributed by atoms with Crippen LogP contribution in [0.4, 0.5) is 0 Å². The highest BCUT2D eigenvalue weighted by Gasteiger charge is 2.34. The molecule has 1 aliphatic rings. The van der Waals surface area contributed by atoms with Crippen LogP contribution in [0.25, 0.3) is 6.08 Å². The van der Waals surface area contributed by atoms with Crippen molar-refractivity contribution in [3.8, 4) is 11.5 Å². The summed E-state index contributed by atoms with van der Waals surface area (Å²) in [6.45, 7) is 1.65. The highest BCUT2D eigenvalue weighted by molar-refractivity contribution is 7.91. The molecule has 1 saturated heterocycles. The van der Waals surface area contributed by atoms with E-state index in [-0.39, 0.29) is 29.0 Å². The molecular formula is C18H23NO7S. The number of phenols is 1. The lowest BCUT2D eigenvalue weighted by molar-refractivity contribution is -0.149. The van der Waals surface area contributed by atoms with Gasteiger partial charge in [0.15, 0.2) is 27.9 Å². The average Bonchev–Trinajstić information content (AvgIpc) is 2.99. The Labute approximate surface area is 158 Å². The minimum atomic E-state index is -3.10. The molecule has 1 aromatic rings. The predicted octanol–water partition coefficient (Wildman–Crippen LogP) is 0.993. The second-order valence-corrected chi connectivity index (χ2v) is 8.34. The van der Waals surface area contributed by atoms with Gasteiger partial charge in [-0.25, -0.2) is 13.2 Å². The number of sulfone groups is 1. The molecule has 1 N–H and O–H groups in total. The monoisotopic (exact) mass is 397 g/mol. The van der Waals surface area contributed by atoms with E-state index < -0.39 is 28.3 Å². The van der Waals surface area contributed by atoms with Crippen LogP contribution in [0.1, 0.15) is 18.9 Å². The molecule has 0 radical (unpaired) electrons. The Hall–Kier alpha value is -2.55. The smallest absolute Gasteiger partial charge is 0.331 e. The Balaban J connectivity index is 1.89. The van der Waals surface area contributed by atoms with E-state index in [4.69, 9.17) is 9.47 Å². The lowest BCUT2D eigenvalue weighted by atomic mass is 10.2. The van der Waals surface area contributed by atoms with Gasteiger partial charge in [0.25, 0.3) is 5.91 Å². The first-order valence-electron chi connectivity index (χ1n) is 8.47. The van der Waals surface area contributed by atoms with Crippen molar-refractivity contribution in [1.82, 2.24) is 4.90 Å². The molecule has 0 aromatic heterocycles. The Kier molecular flexibility index (Phi) is 6.84. The number of esters is 1. The number of rotatable bonds is 7. The van der Waals surface area contributed by atoms with Gasteiger partial charge in [0, 0.05) is 18.7 Å². The zero-order chi connectivity index (χ0) is 20.0. The van der Waals surface area contributed by atoms with E-state index in [0.717, 1.165) is 6.08 Å². The summed E-state index contributed by atoms with van der Waals surface area (Å²) in [4.78, 5) is 25.5. The van der Waals surface area contributed by atoms with Crippen LogP contribution in [-0.4, -0.2) is 68.1 Å². The summed E-state index contributed by atoms with van der Waals surface area (Å²) < 4.78 is 33.1. The molecule has 1 heterocycles. The van der Waals surface area contributed by atoms with Crippen LogP contribution in [0.3, 0.4) is 0 Å². The molecule has 1 fully saturated rings. The van der Waals surface area contributed by atoms with Crippen molar-refractivity contribution in [2.24, 2.45) is 0 Å². The van der Waals surface area contributed by atoms with Crippen molar-refractivity contribution in [2.75, 3.05) is 31.8 Å². The molecular weight excluding hydrogens is 374 g/mol. The quantitative estimate of drug-likeness (QED) is 0.540. The minimum absolute atomic E-state index is 0.0172. The van der Waals surface area contributed by atoms with Crippen molar-refractivity contribution in [3.63, 3.8) is 0 Å². The molecule has 9 heteroatoms. The van der Waals surface area contributed by atoms with E-state index in [1.807, 2.05) is 0 Å². The van der Waals surface area contributed by atoms with Crippen molar-refractivity contribution in [3.05, 3.63) is 29.8 Å². The van der Waals surface area contributed by atoms with Crippen LogP contribution in [-0.2, 0) is 24.2 Å². The highest BCUT2D eigenvalue weighted by Crippen LogP contribution is 2.26. The molecule has 2 rings (SSSR count). The molecule has 8 nitrogen and oxygen atoms in total. The van der Waals surface area contributed by atoms with Gasteiger partial charge in [-0.05, 0) is 37.1 Å². The number of phenolic OH excluding ortho intramolecular Hbond substituents is 1. The number of benzene rings is 1. The van der Waals surface area contributed by atoms with Gasteiger partial charge in [-0.15, -0.1) is 0 Å². The number of hydrogen-bond donors (Lipinski definition) is 1. The van der Waals surface area contributed by atoms with Gasteiger partial charge in [0.1, 0.15) is 0 Å². The Morgan fingerprint density at radius 2 is 2.11 bits per heavy atom. The topological polar surface area (TPSA) is 110 Å². The predicted molar refractivity (Wildman–Crippen MR) is 99.1 cm³/mol. The number of amides is 1. The van der Waals surface area contributed by atoms with Crippen LogP contribution < -0.4 is 4.74 Å². The fourth-order valence-electron chi connectivity index (χ4n) is 2.89. The van der Waals surface area contributed by atoms with Crippen LogP contribution in [0.2, 0.25) is 0 Å². The number of methoxy groups -OCH3 is 1. The first-order valence-corrected chi connectivity index (χ1v) is 10.3. The van der Waals surface area contributed by atoms with E-state index in [9.17, 15) is 23.1 Å². The summed E-state index contributed by atoms with van der Waals surface area (Å²) in [5, 5.41) is 9.53. The van der Waals surface area contributed by atoms with Gasteiger partial charge in [0.2, 0.25) is 0 Å². The molecule has 1 aliphatic heterocycles. The van der Waals surface area contributed by atoms with Gasteiger partial charge in [-0.2, -0.15) is 0 Å². The van der Waals surface area contributed by atoms with Gasteiger partial charge >= 0.3 is 5.97 Å². The van der Waals surface area contributed by atoms with Crippen molar-refractivity contribution in [2.45, 2.75) is 19.4 Å². The third-order valence-corrected chi connectivity index (χ3v) is 6.01. The third-order valence-electron chi connectivity index (χ3n) is 4.26. The van der Waals surface area contributed by atoms with E-state index >= 15 is 0 Å². The molecule has 1 amide bonds. The first-order chi connectivity index (χ1) is 12.8. The summed E-state index contributed by atoms with van der Waals surface area (Å²) >= 11 is 0. The van der Waals surface area contributed by atoms with Gasteiger partial charge in [-0.1, -0.05) is 6.07 Å². The Morgan fingerprint density at radius 3 is 2.70 bits per heavy atom. The third kappa shape index (κ3) is 5.72. The van der Waals surface area contributed by atoms with E-state index in [1.165, 1.54) is 24.2 Å². The van der Waals surface area contributed by atoms with Gasteiger partial charge < -0.3 is 19.5 Å². The summed E-state index contributed by atoms with van der Waals surface area (Å²) in [6.07, 6.45) is 3.03. The van der Waals surface area contributed by atoms with Crippen molar-refractivity contribution >= 4 is 27.8 Å². The summed E-state index contributed by atoms with van der Waals surface area (Å²) in [6, 6.07) is 4.20. The number of nitrogens with zero attached hydrogens (tertiary/aromatic N) is 1. The van der Waals surface area contributed by atoms with E-state index in [0.29, 0.717) is 18.5 Å². The summed E-state index contributed by atoms with van der Waals surface area (Å²) in [5.74, 6) is -0.858. The molecule has 0 aliphatic carbocycles. The number of carbonyl (C=O) groups is 2. The van der Waals surface area contributed by atoms with Crippen molar-refractivity contribution in [1.29, 1.82) is 0 Å².